The molecule has 0 saturated heterocycles. The molecule has 0 unspecified atom stereocenters. The van der Waals surface area contributed by atoms with Crippen LogP contribution >= 0.6 is 0 Å². The molecular weight excluding hydrogens is 290 g/mol. The second-order valence-electron chi connectivity index (χ2n) is 5.95. The summed E-state index contributed by atoms with van der Waals surface area (Å²) in [5.74, 6) is -0.129. The maximum absolute atomic E-state index is 11.9. The highest BCUT2D eigenvalue weighted by atomic mass is 16.2. The van der Waals surface area contributed by atoms with Gasteiger partial charge in [0, 0.05) is 24.8 Å². The van der Waals surface area contributed by atoms with Crippen LogP contribution in [0, 0.1) is 6.92 Å². The standard InChI is InChI=1S/C18H25N3O2/c1-13-8-9-16(12-17(13)20-14(2)22)21-18(23)19-11-10-15-6-4-3-5-7-15/h6,8-9,12H,3-5,7,10-11H2,1-2H3,(H,20,22)(H2,19,21,23). The molecule has 5 heteroatoms. The molecule has 0 aliphatic heterocycles. The second kappa shape index (κ2) is 8.36. The average molecular weight is 315 g/mol. The van der Waals surface area contributed by atoms with Crippen LogP contribution in [0.3, 0.4) is 0 Å². The Morgan fingerprint density at radius 3 is 2.70 bits per heavy atom. The highest BCUT2D eigenvalue weighted by molar-refractivity contribution is 5.93. The molecule has 23 heavy (non-hydrogen) atoms. The third-order valence-electron chi connectivity index (χ3n) is 3.92. The number of hydrogen-bond donors (Lipinski definition) is 3. The van der Waals surface area contributed by atoms with E-state index in [0.717, 1.165) is 24.8 Å². The number of benzene rings is 1. The third kappa shape index (κ3) is 5.77. The van der Waals surface area contributed by atoms with Gasteiger partial charge in [0.1, 0.15) is 0 Å². The van der Waals surface area contributed by atoms with E-state index in [0.29, 0.717) is 17.9 Å². The largest absolute Gasteiger partial charge is 0.338 e. The minimum absolute atomic E-state index is 0.129. The predicted octanol–water partition coefficient (Wildman–Crippen LogP) is 3.97. The molecule has 0 heterocycles. The monoisotopic (exact) mass is 315 g/mol. The van der Waals surface area contributed by atoms with E-state index in [1.165, 1.54) is 25.3 Å². The predicted molar refractivity (Wildman–Crippen MR) is 93.7 cm³/mol. The smallest absolute Gasteiger partial charge is 0.319 e. The van der Waals surface area contributed by atoms with Crippen molar-refractivity contribution in [2.24, 2.45) is 0 Å². The minimum Gasteiger partial charge on any atom is -0.338 e. The fourth-order valence-corrected chi connectivity index (χ4v) is 2.67. The van der Waals surface area contributed by atoms with Crippen LogP contribution in [0.15, 0.2) is 29.8 Å². The van der Waals surface area contributed by atoms with Gasteiger partial charge in [-0.3, -0.25) is 4.79 Å². The molecule has 0 radical (unpaired) electrons. The number of nitrogens with one attached hydrogen (secondary N) is 3. The van der Waals surface area contributed by atoms with Crippen LogP contribution in [0.5, 0.6) is 0 Å². The lowest BCUT2D eigenvalue weighted by atomic mass is 9.97. The summed E-state index contributed by atoms with van der Waals surface area (Å²) in [5.41, 5.74) is 3.77. The number of rotatable bonds is 5. The van der Waals surface area contributed by atoms with Gasteiger partial charge in [0.15, 0.2) is 0 Å². The SMILES string of the molecule is CC(=O)Nc1cc(NC(=O)NCCC2=CCCCC2)ccc1C. The van der Waals surface area contributed by atoms with E-state index in [1.807, 2.05) is 19.1 Å². The number of aryl methyl sites for hydroxylation is 1. The first-order chi connectivity index (χ1) is 11.0. The zero-order valence-electron chi connectivity index (χ0n) is 13.9. The number of allylic oxidation sites excluding steroid dienone is 1. The Bertz CT molecular complexity index is 608. The fourth-order valence-electron chi connectivity index (χ4n) is 2.67. The Kier molecular flexibility index (Phi) is 6.20. The second-order valence-corrected chi connectivity index (χ2v) is 5.95. The lowest BCUT2D eigenvalue weighted by Gasteiger charge is -2.14. The number of amides is 3. The van der Waals surface area contributed by atoms with E-state index in [-0.39, 0.29) is 11.9 Å². The quantitative estimate of drug-likeness (QED) is 0.720. The van der Waals surface area contributed by atoms with Gasteiger partial charge < -0.3 is 16.0 Å². The maximum atomic E-state index is 11.9. The van der Waals surface area contributed by atoms with Gasteiger partial charge in [0.25, 0.3) is 0 Å². The van der Waals surface area contributed by atoms with E-state index in [2.05, 4.69) is 22.0 Å². The Hall–Kier alpha value is -2.30. The molecule has 0 saturated carbocycles. The van der Waals surface area contributed by atoms with Crippen molar-refractivity contribution in [2.75, 3.05) is 17.2 Å². The van der Waals surface area contributed by atoms with Gasteiger partial charge in [-0.25, -0.2) is 4.79 Å². The Morgan fingerprint density at radius 2 is 2.00 bits per heavy atom. The van der Waals surface area contributed by atoms with Crippen LogP contribution in [-0.2, 0) is 4.79 Å². The van der Waals surface area contributed by atoms with E-state index in [9.17, 15) is 9.59 Å². The zero-order valence-corrected chi connectivity index (χ0v) is 13.9. The molecule has 0 spiro atoms. The van der Waals surface area contributed by atoms with Crippen LogP contribution in [0.25, 0.3) is 0 Å². The molecule has 3 N–H and O–H groups in total. The van der Waals surface area contributed by atoms with Crippen molar-refractivity contribution >= 4 is 23.3 Å². The molecule has 1 aromatic carbocycles. The molecule has 1 aliphatic rings. The summed E-state index contributed by atoms with van der Waals surface area (Å²) in [4.78, 5) is 23.1. The molecule has 124 valence electrons. The van der Waals surface area contributed by atoms with Gasteiger partial charge in [-0.1, -0.05) is 17.7 Å². The number of urea groups is 1. The summed E-state index contributed by atoms with van der Waals surface area (Å²) in [6.07, 6.45) is 8.06. The molecule has 2 rings (SSSR count). The van der Waals surface area contributed by atoms with Crippen LogP contribution < -0.4 is 16.0 Å². The fraction of sp³-hybridized carbons (Fsp3) is 0.444. The van der Waals surface area contributed by atoms with Crippen molar-refractivity contribution in [3.8, 4) is 0 Å². The van der Waals surface area contributed by atoms with E-state index < -0.39 is 0 Å². The zero-order chi connectivity index (χ0) is 16.7. The molecule has 5 nitrogen and oxygen atoms in total. The Balaban J connectivity index is 1.82. The molecule has 1 aromatic rings. The summed E-state index contributed by atoms with van der Waals surface area (Å²) in [6.45, 7) is 4.02. The number of carbonyl (C=O) groups excluding carboxylic acids is 2. The van der Waals surface area contributed by atoms with Crippen molar-refractivity contribution in [3.05, 3.63) is 35.4 Å². The summed E-state index contributed by atoms with van der Waals surface area (Å²) in [7, 11) is 0. The van der Waals surface area contributed by atoms with Gasteiger partial charge in [-0.2, -0.15) is 0 Å². The van der Waals surface area contributed by atoms with E-state index in [4.69, 9.17) is 0 Å². The Morgan fingerprint density at radius 1 is 1.17 bits per heavy atom. The first-order valence-electron chi connectivity index (χ1n) is 8.15. The lowest BCUT2D eigenvalue weighted by Crippen LogP contribution is -2.29. The molecular formula is C18H25N3O2. The topological polar surface area (TPSA) is 70.2 Å². The normalized spacial score (nSPS) is 13.9. The lowest BCUT2D eigenvalue weighted by molar-refractivity contribution is -0.114. The van der Waals surface area contributed by atoms with Gasteiger partial charge >= 0.3 is 6.03 Å². The van der Waals surface area contributed by atoms with Gasteiger partial charge in [0.2, 0.25) is 5.91 Å². The average Bonchev–Trinajstić information content (AvgIpc) is 2.51. The molecule has 0 fully saturated rings. The Labute approximate surface area is 137 Å². The number of hydrogen-bond acceptors (Lipinski definition) is 2. The minimum atomic E-state index is -0.223. The highest BCUT2D eigenvalue weighted by Gasteiger charge is 2.07. The van der Waals surface area contributed by atoms with Gasteiger partial charge in [-0.05, 0) is 56.7 Å². The van der Waals surface area contributed by atoms with Crippen molar-refractivity contribution in [3.63, 3.8) is 0 Å². The van der Waals surface area contributed by atoms with Gasteiger partial charge in [-0.15, -0.1) is 0 Å². The summed E-state index contributed by atoms with van der Waals surface area (Å²) in [5, 5.41) is 8.43. The van der Waals surface area contributed by atoms with Crippen molar-refractivity contribution in [2.45, 2.75) is 46.0 Å². The molecule has 0 bridgehead atoms. The number of carbonyl (C=O) groups is 2. The molecule has 0 atom stereocenters. The summed E-state index contributed by atoms with van der Waals surface area (Å²) in [6, 6.07) is 5.23. The molecule has 1 aliphatic carbocycles. The van der Waals surface area contributed by atoms with Crippen LogP contribution in [0.4, 0.5) is 16.2 Å². The van der Waals surface area contributed by atoms with E-state index >= 15 is 0 Å². The van der Waals surface area contributed by atoms with Crippen LogP contribution in [0.2, 0.25) is 0 Å². The summed E-state index contributed by atoms with van der Waals surface area (Å²) >= 11 is 0. The van der Waals surface area contributed by atoms with E-state index in [1.54, 1.807) is 6.07 Å². The first kappa shape index (κ1) is 17.1. The van der Waals surface area contributed by atoms with Crippen molar-refractivity contribution in [1.29, 1.82) is 0 Å². The summed E-state index contributed by atoms with van der Waals surface area (Å²) < 4.78 is 0. The third-order valence-corrected chi connectivity index (χ3v) is 3.92. The first-order valence-corrected chi connectivity index (χ1v) is 8.15. The van der Waals surface area contributed by atoms with Crippen molar-refractivity contribution < 1.29 is 9.59 Å². The molecule has 0 aromatic heterocycles. The van der Waals surface area contributed by atoms with Gasteiger partial charge in [0.05, 0.1) is 0 Å². The number of anilines is 2. The molecule has 3 amide bonds. The van der Waals surface area contributed by atoms with Crippen LogP contribution in [-0.4, -0.2) is 18.5 Å². The highest BCUT2D eigenvalue weighted by Crippen LogP contribution is 2.21. The maximum Gasteiger partial charge on any atom is 0.319 e. The van der Waals surface area contributed by atoms with Crippen LogP contribution in [0.1, 0.15) is 44.6 Å². The van der Waals surface area contributed by atoms with Crippen molar-refractivity contribution in [1.82, 2.24) is 5.32 Å².